The highest BCUT2D eigenvalue weighted by atomic mass is 35.5. The van der Waals surface area contributed by atoms with Crippen LogP contribution in [-0.2, 0) is 22.4 Å². The van der Waals surface area contributed by atoms with Gasteiger partial charge in [0.25, 0.3) is 0 Å². The van der Waals surface area contributed by atoms with Gasteiger partial charge in [-0.2, -0.15) is 0 Å². The number of aryl methyl sites for hydroxylation is 6. The molecule has 3 aromatic rings. The zero-order chi connectivity index (χ0) is 27.3. The number of benzene rings is 3. The summed E-state index contributed by atoms with van der Waals surface area (Å²) in [6.45, 7) is 11.3. The van der Waals surface area contributed by atoms with E-state index in [2.05, 4.69) is 0 Å². The number of carbonyl (C=O) groups is 2. The molecule has 0 saturated heterocycles. The second kappa shape index (κ2) is 12.5. The Morgan fingerprint density at radius 2 is 1.05 bits per heavy atom. The maximum atomic E-state index is 13.1. The smallest absolute Gasteiger partial charge is 0.330 e. The molecule has 0 fully saturated rings. The van der Waals surface area contributed by atoms with Gasteiger partial charge in [-0.1, -0.05) is 55.2 Å². The second-order valence-electron chi connectivity index (χ2n) is 9.18. The molecule has 3 rings (SSSR count). The quantitative estimate of drug-likeness (QED) is 0.209. The van der Waals surface area contributed by atoms with Crippen molar-refractivity contribution in [2.75, 3.05) is 18.0 Å². The van der Waals surface area contributed by atoms with E-state index in [1.165, 1.54) is 0 Å². The third-order valence-electron chi connectivity index (χ3n) is 6.20. The van der Waals surface area contributed by atoms with Crippen LogP contribution in [0, 0.1) is 27.7 Å². The minimum absolute atomic E-state index is 0.126. The van der Waals surface area contributed by atoms with Crippen LogP contribution in [0.25, 0.3) is 0 Å². The van der Waals surface area contributed by atoms with Crippen molar-refractivity contribution in [3.63, 3.8) is 0 Å². The molecule has 0 unspecified atom stereocenters. The molecular formula is C30H33Cl2NO4. The summed E-state index contributed by atoms with van der Waals surface area (Å²) in [6, 6.07) is 12.9. The molecule has 7 heteroatoms. The van der Waals surface area contributed by atoms with Crippen LogP contribution < -0.4 is 14.4 Å². The Balaban J connectivity index is 1.90. The Labute approximate surface area is 229 Å². The van der Waals surface area contributed by atoms with E-state index in [1.807, 2.05) is 59.7 Å². The number of halogens is 2. The van der Waals surface area contributed by atoms with Crippen LogP contribution in [0.5, 0.6) is 11.5 Å². The Morgan fingerprint density at radius 1 is 0.703 bits per heavy atom. The molecule has 0 aromatic heterocycles. The van der Waals surface area contributed by atoms with Gasteiger partial charge in [0.05, 0.1) is 0 Å². The Kier molecular flexibility index (Phi) is 9.63. The van der Waals surface area contributed by atoms with E-state index in [-0.39, 0.29) is 13.1 Å². The average Bonchev–Trinajstić information content (AvgIpc) is 2.84. The van der Waals surface area contributed by atoms with Gasteiger partial charge in [-0.15, -0.1) is 0 Å². The minimum Gasteiger partial charge on any atom is -0.425 e. The SMILES string of the molecule is CCc1cccc(CC)c1N(CC(=O)Oc1cc(C)c(Cl)c(C)c1)CC(=O)Oc1cc(C)c(Cl)c(C)c1. The van der Waals surface area contributed by atoms with Crippen LogP contribution in [0.1, 0.15) is 47.2 Å². The van der Waals surface area contributed by atoms with E-state index < -0.39 is 11.9 Å². The molecule has 0 atom stereocenters. The molecule has 0 heterocycles. The number of anilines is 1. The van der Waals surface area contributed by atoms with E-state index in [0.29, 0.717) is 21.5 Å². The molecule has 0 N–H and O–H groups in total. The first-order valence-corrected chi connectivity index (χ1v) is 13.1. The van der Waals surface area contributed by atoms with Gasteiger partial charge in [0.2, 0.25) is 0 Å². The van der Waals surface area contributed by atoms with Crippen molar-refractivity contribution in [3.8, 4) is 11.5 Å². The fourth-order valence-corrected chi connectivity index (χ4v) is 4.62. The first-order valence-electron chi connectivity index (χ1n) is 12.3. The van der Waals surface area contributed by atoms with Crippen LogP contribution >= 0.6 is 23.2 Å². The van der Waals surface area contributed by atoms with Gasteiger partial charge in [0.1, 0.15) is 24.6 Å². The topological polar surface area (TPSA) is 55.8 Å². The molecule has 3 aromatic carbocycles. The monoisotopic (exact) mass is 541 g/mol. The molecule has 196 valence electrons. The molecule has 0 radical (unpaired) electrons. The lowest BCUT2D eigenvalue weighted by Gasteiger charge is -2.27. The Hall–Kier alpha value is -3.02. The summed E-state index contributed by atoms with van der Waals surface area (Å²) < 4.78 is 11.3. The maximum absolute atomic E-state index is 13.1. The van der Waals surface area contributed by atoms with Crippen molar-refractivity contribution in [1.29, 1.82) is 0 Å². The predicted molar refractivity (Wildman–Crippen MR) is 151 cm³/mol. The summed E-state index contributed by atoms with van der Waals surface area (Å²) in [5, 5.41) is 1.28. The van der Waals surface area contributed by atoms with Gasteiger partial charge >= 0.3 is 11.9 Å². The standard InChI is InChI=1S/C30H33Cl2NO4/c1-7-22-10-9-11-23(8-2)30(22)33(16-26(34)36-24-12-18(3)28(31)19(4)13-24)17-27(35)37-25-14-20(5)29(32)21(6)15-25/h9-15H,7-8,16-17H2,1-6H3. The Morgan fingerprint density at radius 3 is 1.38 bits per heavy atom. The number of hydrogen-bond donors (Lipinski definition) is 0. The maximum Gasteiger partial charge on any atom is 0.330 e. The van der Waals surface area contributed by atoms with E-state index in [1.54, 1.807) is 29.2 Å². The van der Waals surface area contributed by atoms with E-state index >= 15 is 0 Å². The molecule has 0 aliphatic rings. The fraction of sp³-hybridized carbons (Fsp3) is 0.333. The van der Waals surface area contributed by atoms with Crippen LogP contribution in [0.15, 0.2) is 42.5 Å². The number of carbonyl (C=O) groups excluding carboxylic acids is 2. The molecule has 0 bridgehead atoms. The van der Waals surface area contributed by atoms with Gasteiger partial charge in [0.15, 0.2) is 0 Å². The molecule has 0 saturated carbocycles. The van der Waals surface area contributed by atoms with E-state index in [9.17, 15) is 9.59 Å². The number of hydrogen-bond acceptors (Lipinski definition) is 5. The van der Waals surface area contributed by atoms with Gasteiger partial charge in [-0.25, -0.2) is 9.59 Å². The summed E-state index contributed by atoms with van der Waals surface area (Å²) in [6.07, 6.45) is 1.49. The largest absolute Gasteiger partial charge is 0.425 e. The van der Waals surface area contributed by atoms with E-state index in [0.717, 1.165) is 51.9 Å². The lowest BCUT2D eigenvalue weighted by atomic mass is 10.0. The van der Waals surface area contributed by atoms with Crippen molar-refractivity contribution < 1.29 is 19.1 Å². The first-order chi connectivity index (χ1) is 17.5. The molecule has 5 nitrogen and oxygen atoms in total. The third-order valence-corrected chi connectivity index (χ3v) is 7.40. The zero-order valence-electron chi connectivity index (χ0n) is 22.2. The molecular weight excluding hydrogens is 509 g/mol. The van der Waals surface area contributed by atoms with Crippen molar-refractivity contribution in [2.45, 2.75) is 54.4 Å². The minimum atomic E-state index is -0.486. The lowest BCUT2D eigenvalue weighted by Crippen LogP contribution is -2.39. The predicted octanol–water partition coefficient (Wildman–Crippen LogP) is 7.37. The molecule has 37 heavy (non-hydrogen) atoms. The number of esters is 2. The van der Waals surface area contributed by atoms with Crippen molar-refractivity contribution >= 4 is 40.8 Å². The number of ether oxygens (including phenoxy) is 2. The summed E-state index contributed by atoms with van der Waals surface area (Å²) in [5.74, 6) is -0.141. The summed E-state index contributed by atoms with van der Waals surface area (Å²) in [7, 11) is 0. The van der Waals surface area contributed by atoms with Gasteiger partial charge < -0.3 is 14.4 Å². The molecule has 0 aliphatic carbocycles. The van der Waals surface area contributed by atoms with Crippen molar-refractivity contribution in [1.82, 2.24) is 0 Å². The van der Waals surface area contributed by atoms with Gasteiger partial charge in [-0.05, 0) is 98.2 Å². The zero-order valence-corrected chi connectivity index (χ0v) is 23.7. The lowest BCUT2D eigenvalue weighted by molar-refractivity contribution is -0.133. The summed E-state index contributed by atoms with van der Waals surface area (Å²) in [5.41, 5.74) is 6.22. The highest BCUT2D eigenvalue weighted by molar-refractivity contribution is 6.32. The molecule has 0 amide bonds. The highest BCUT2D eigenvalue weighted by Crippen LogP contribution is 2.30. The fourth-order valence-electron chi connectivity index (χ4n) is 4.40. The number of rotatable bonds is 9. The highest BCUT2D eigenvalue weighted by Gasteiger charge is 2.23. The summed E-state index contributed by atoms with van der Waals surface area (Å²) in [4.78, 5) is 28.0. The molecule has 0 aliphatic heterocycles. The van der Waals surface area contributed by atoms with Gasteiger partial charge in [-0.3, -0.25) is 0 Å². The number of nitrogens with zero attached hydrogens (tertiary/aromatic N) is 1. The van der Waals surface area contributed by atoms with Crippen molar-refractivity contribution in [2.24, 2.45) is 0 Å². The van der Waals surface area contributed by atoms with Crippen LogP contribution in [0.2, 0.25) is 10.0 Å². The Bertz CT molecular complexity index is 1180. The van der Waals surface area contributed by atoms with Gasteiger partial charge in [0, 0.05) is 15.7 Å². The normalized spacial score (nSPS) is 10.8. The van der Waals surface area contributed by atoms with Crippen molar-refractivity contribution in [3.05, 3.63) is 85.9 Å². The van der Waals surface area contributed by atoms with Crippen LogP contribution in [0.3, 0.4) is 0 Å². The summed E-state index contributed by atoms with van der Waals surface area (Å²) >= 11 is 12.5. The van der Waals surface area contributed by atoms with E-state index in [4.69, 9.17) is 32.7 Å². The molecule has 0 spiro atoms. The second-order valence-corrected chi connectivity index (χ2v) is 9.93. The third kappa shape index (κ3) is 7.06. The first kappa shape index (κ1) is 28.5. The average molecular weight is 543 g/mol. The van der Waals surface area contributed by atoms with Crippen LogP contribution in [0.4, 0.5) is 5.69 Å². The number of para-hydroxylation sites is 1. The van der Waals surface area contributed by atoms with Crippen LogP contribution in [-0.4, -0.2) is 25.0 Å².